The maximum Gasteiger partial charge on any atom is 0.0573 e. The molecule has 0 bridgehead atoms. The zero-order valence-corrected chi connectivity index (χ0v) is 8.62. The van der Waals surface area contributed by atoms with E-state index in [1.54, 1.807) is 0 Å². The first-order valence-corrected chi connectivity index (χ1v) is 4.82. The lowest BCUT2D eigenvalue weighted by Gasteiger charge is -2.17. The second-order valence-electron chi connectivity index (χ2n) is 3.73. The molecule has 1 atom stereocenters. The molecule has 0 aliphatic rings. The highest BCUT2D eigenvalue weighted by Gasteiger charge is 2.11. The van der Waals surface area contributed by atoms with Crippen LogP contribution in [0, 0.1) is 5.92 Å². The lowest BCUT2D eigenvalue weighted by atomic mass is 10.0. The van der Waals surface area contributed by atoms with Gasteiger partial charge in [0.25, 0.3) is 0 Å². The third-order valence-corrected chi connectivity index (χ3v) is 2.10. The van der Waals surface area contributed by atoms with Crippen molar-refractivity contribution in [2.45, 2.75) is 26.3 Å². The molecule has 1 rings (SSSR count). The SMILES string of the molecule is CNC(CC(C)C)c1ccccn1. The Morgan fingerprint density at radius 1 is 1.38 bits per heavy atom. The summed E-state index contributed by atoms with van der Waals surface area (Å²) in [6.07, 6.45) is 2.98. The molecule has 0 amide bonds. The third kappa shape index (κ3) is 3.15. The van der Waals surface area contributed by atoms with Crippen molar-refractivity contribution in [3.05, 3.63) is 30.1 Å². The summed E-state index contributed by atoms with van der Waals surface area (Å²) >= 11 is 0. The minimum absolute atomic E-state index is 0.390. The summed E-state index contributed by atoms with van der Waals surface area (Å²) in [7, 11) is 1.99. The van der Waals surface area contributed by atoms with Crippen LogP contribution in [0.25, 0.3) is 0 Å². The van der Waals surface area contributed by atoms with E-state index in [4.69, 9.17) is 0 Å². The van der Waals surface area contributed by atoms with Crippen molar-refractivity contribution < 1.29 is 0 Å². The Hall–Kier alpha value is -0.890. The van der Waals surface area contributed by atoms with Crippen LogP contribution in [0.5, 0.6) is 0 Å². The average Bonchev–Trinajstić information content (AvgIpc) is 2.15. The van der Waals surface area contributed by atoms with E-state index in [-0.39, 0.29) is 0 Å². The summed E-state index contributed by atoms with van der Waals surface area (Å²) in [6.45, 7) is 4.46. The van der Waals surface area contributed by atoms with Gasteiger partial charge in [-0.05, 0) is 31.5 Å². The van der Waals surface area contributed by atoms with E-state index in [1.807, 2.05) is 25.4 Å². The Morgan fingerprint density at radius 2 is 2.15 bits per heavy atom. The Morgan fingerprint density at radius 3 is 2.62 bits per heavy atom. The van der Waals surface area contributed by atoms with E-state index in [0.717, 1.165) is 12.1 Å². The quantitative estimate of drug-likeness (QED) is 0.765. The number of hydrogen-bond donors (Lipinski definition) is 1. The highest BCUT2D eigenvalue weighted by Crippen LogP contribution is 2.18. The maximum absolute atomic E-state index is 4.34. The standard InChI is InChI=1S/C11H18N2/c1-9(2)8-11(12-3)10-6-4-5-7-13-10/h4-7,9,11-12H,8H2,1-3H3. The molecule has 0 aliphatic heterocycles. The number of rotatable bonds is 4. The molecule has 0 aromatic carbocycles. The van der Waals surface area contributed by atoms with Crippen LogP contribution in [0.3, 0.4) is 0 Å². The molecular weight excluding hydrogens is 160 g/mol. The molecule has 0 spiro atoms. The molecule has 0 saturated heterocycles. The van der Waals surface area contributed by atoms with Crippen molar-refractivity contribution in [2.75, 3.05) is 7.05 Å². The molecule has 2 heteroatoms. The normalized spacial score (nSPS) is 13.2. The summed E-state index contributed by atoms with van der Waals surface area (Å²) in [5.74, 6) is 0.694. The van der Waals surface area contributed by atoms with E-state index >= 15 is 0 Å². The van der Waals surface area contributed by atoms with Crippen LogP contribution < -0.4 is 5.32 Å². The molecule has 1 unspecified atom stereocenters. The summed E-state index contributed by atoms with van der Waals surface area (Å²) in [5, 5.41) is 3.29. The van der Waals surface area contributed by atoms with Crippen LogP contribution in [0.15, 0.2) is 24.4 Å². The lowest BCUT2D eigenvalue weighted by Crippen LogP contribution is -2.19. The van der Waals surface area contributed by atoms with Crippen molar-refractivity contribution in [2.24, 2.45) is 5.92 Å². The second kappa shape index (κ2) is 4.97. The molecule has 1 heterocycles. The monoisotopic (exact) mass is 178 g/mol. The fourth-order valence-corrected chi connectivity index (χ4v) is 1.44. The topological polar surface area (TPSA) is 24.9 Å². The van der Waals surface area contributed by atoms with Gasteiger partial charge < -0.3 is 5.32 Å². The third-order valence-electron chi connectivity index (χ3n) is 2.10. The fraction of sp³-hybridized carbons (Fsp3) is 0.545. The predicted octanol–water partition coefficient (Wildman–Crippen LogP) is 2.39. The van der Waals surface area contributed by atoms with E-state index in [2.05, 4.69) is 30.2 Å². The number of nitrogens with one attached hydrogen (secondary N) is 1. The van der Waals surface area contributed by atoms with Gasteiger partial charge in [0.15, 0.2) is 0 Å². The largest absolute Gasteiger partial charge is 0.312 e. The highest BCUT2D eigenvalue weighted by atomic mass is 14.9. The van der Waals surface area contributed by atoms with Gasteiger partial charge in [0.05, 0.1) is 5.69 Å². The molecule has 2 nitrogen and oxygen atoms in total. The van der Waals surface area contributed by atoms with E-state index in [1.165, 1.54) is 0 Å². The Kier molecular flexibility index (Phi) is 3.90. The Bertz CT molecular complexity index is 231. The average molecular weight is 178 g/mol. The molecule has 0 aliphatic carbocycles. The maximum atomic E-state index is 4.34. The van der Waals surface area contributed by atoms with E-state index in [0.29, 0.717) is 12.0 Å². The molecule has 72 valence electrons. The fourth-order valence-electron chi connectivity index (χ4n) is 1.44. The van der Waals surface area contributed by atoms with Crippen molar-refractivity contribution >= 4 is 0 Å². The van der Waals surface area contributed by atoms with Crippen molar-refractivity contribution in [1.29, 1.82) is 0 Å². The van der Waals surface area contributed by atoms with Gasteiger partial charge in [-0.3, -0.25) is 4.98 Å². The second-order valence-corrected chi connectivity index (χ2v) is 3.73. The summed E-state index contributed by atoms with van der Waals surface area (Å²) in [4.78, 5) is 4.34. The van der Waals surface area contributed by atoms with Crippen LogP contribution >= 0.6 is 0 Å². The molecule has 1 N–H and O–H groups in total. The van der Waals surface area contributed by atoms with Gasteiger partial charge in [-0.1, -0.05) is 19.9 Å². The summed E-state index contributed by atoms with van der Waals surface area (Å²) in [5.41, 5.74) is 1.14. The summed E-state index contributed by atoms with van der Waals surface area (Å²) < 4.78 is 0. The van der Waals surface area contributed by atoms with Gasteiger partial charge in [-0.25, -0.2) is 0 Å². The molecule has 13 heavy (non-hydrogen) atoms. The van der Waals surface area contributed by atoms with Crippen molar-refractivity contribution in [1.82, 2.24) is 10.3 Å². The minimum Gasteiger partial charge on any atom is -0.312 e. The van der Waals surface area contributed by atoms with Gasteiger partial charge in [-0.15, -0.1) is 0 Å². The Labute approximate surface area is 80.4 Å². The van der Waals surface area contributed by atoms with Gasteiger partial charge in [0, 0.05) is 12.2 Å². The van der Waals surface area contributed by atoms with Crippen LogP contribution in [-0.4, -0.2) is 12.0 Å². The van der Waals surface area contributed by atoms with Crippen LogP contribution in [0.1, 0.15) is 32.0 Å². The summed E-state index contributed by atoms with van der Waals surface area (Å²) in [6, 6.07) is 6.45. The number of pyridine rings is 1. The highest BCUT2D eigenvalue weighted by molar-refractivity contribution is 5.08. The molecule has 0 radical (unpaired) electrons. The minimum atomic E-state index is 0.390. The first kappa shape index (κ1) is 10.2. The van der Waals surface area contributed by atoms with Crippen LogP contribution in [-0.2, 0) is 0 Å². The smallest absolute Gasteiger partial charge is 0.0573 e. The number of aromatic nitrogens is 1. The van der Waals surface area contributed by atoms with Gasteiger partial charge >= 0.3 is 0 Å². The Balaban J connectivity index is 2.67. The van der Waals surface area contributed by atoms with Crippen molar-refractivity contribution in [3.8, 4) is 0 Å². The molecular formula is C11H18N2. The first-order valence-electron chi connectivity index (χ1n) is 4.82. The van der Waals surface area contributed by atoms with Gasteiger partial charge in [0.2, 0.25) is 0 Å². The van der Waals surface area contributed by atoms with Crippen LogP contribution in [0.2, 0.25) is 0 Å². The molecule has 0 saturated carbocycles. The van der Waals surface area contributed by atoms with E-state index in [9.17, 15) is 0 Å². The van der Waals surface area contributed by atoms with Crippen molar-refractivity contribution in [3.63, 3.8) is 0 Å². The molecule has 1 aromatic heterocycles. The lowest BCUT2D eigenvalue weighted by molar-refractivity contribution is 0.449. The first-order chi connectivity index (χ1) is 6.24. The van der Waals surface area contributed by atoms with Crippen LogP contribution in [0.4, 0.5) is 0 Å². The number of hydrogen-bond acceptors (Lipinski definition) is 2. The predicted molar refractivity (Wildman–Crippen MR) is 55.5 cm³/mol. The van der Waals surface area contributed by atoms with E-state index < -0.39 is 0 Å². The molecule has 0 fully saturated rings. The van der Waals surface area contributed by atoms with Gasteiger partial charge in [-0.2, -0.15) is 0 Å². The van der Waals surface area contributed by atoms with Gasteiger partial charge in [0.1, 0.15) is 0 Å². The zero-order valence-electron chi connectivity index (χ0n) is 8.62. The number of nitrogens with zero attached hydrogens (tertiary/aromatic N) is 1. The zero-order chi connectivity index (χ0) is 9.68. The molecule has 1 aromatic rings.